The fraction of sp³-hybridized carbons (Fsp3) is 0.939. The van der Waals surface area contributed by atoms with Crippen molar-refractivity contribution >= 4 is 11.9 Å². The van der Waals surface area contributed by atoms with Crippen LogP contribution in [0.4, 0.5) is 0 Å². The molecule has 0 saturated heterocycles. The van der Waals surface area contributed by atoms with Gasteiger partial charge in [-0.3, -0.25) is 9.59 Å². The van der Waals surface area contributed by atoms with E-state index < -0.39 is 5.97 Å². The molecule has 0 aliphatic rings. The van der Waals surface area contributed by atoms with Gasteiger partial charge in [-0.05, 0) is 12.8 Å². The Balaban J connectivity index is 3.14. The molecule has 0 amide bonds. The van der Waals surface area contributed by atoms with Crippen LogP contribution in [0.1, 0.15) is 46.0 Å². The Kier molecular flexibility index (Phi) is 38.7. The van der Waals surface area contributed by atoms with E-state index in [1.807, 2.05) is 6.92 Å². The van der Waals surface area contributed by atoms with E-state index in [1.165, 1.54) is 0 Å². The molecule has 15 heteroatoms. The second-order valence-electron chi connectivity index (χ2n) is 10.3. The van der Waals surface area contributed by atoms with Crippen molar-refractivity contribution < 1.29 is 71.5 Å². The lowest BCUT2D eigenvalue weighted by Crippen LogP contribution is -2.20. The number of hydrogen-bond acceptors (Lipinski definition) is 14. The number of ether oxygens (including phenoxy) is 12. The van der Waals surface area contributed by atoms with Crippen LogP contribution in [0.5, 0.6) is 0 Å². The van der Waals surface area contributed by atoms with Gasteiger partial charge >= 0.3 is 11.9 Å². The lowest BCUT2D eigenvalue weighted by molar-refractivity contribution is -0.150. The summed E-state index contributed by atoms with van der Waals surface area (Å²) in [5, 5.41) is 8.49. The first-order chi connectivity index (χ1) is 23.6. The maximum absolute atomic E-state index is 12.0. The number of carboxylic acid groups (broad SMARTS) is 1. The molecule has 0 aliphatic heterocycles. The van der Waals surface area contributed by atoms with Gasteiger partial charge in [-0.15, -0.1) is 0 Å². The van der Waals surface area contributed by atoms with Crippen LogP contribution in [0.15, 0.2) is 0 Å². The molecule has 1 unspecified atom stereocenters. The molecule has 286 valence electrons. The van der Waals surface area contributed by atoms with Crippen LogP contribution in [0.25, 0.3) is 0 Å². The number of aliphatic carboxylic acids is 1. The summed E-state index contributed by atoms with van der Waals surface area (Å²) in [5.74, 6) is -1.01. The van der Waals surface area contributed by atoms with Crippen molar-refractivity contribution in [3.05, 3.63) is 0 Å². The van der Waals surface area contributed by atoms with Gasteiger partial charge in [0.15, 0.2) is 0 Å². The lowest BCUT2D eigenvalue weighted by Gasteiger charge is -2.13. The standard InChI is InChI=1S/C33H64O15/c1-3-5-6-31(4-2)33(36)48-30-29-47-28-27-46-26-25-45-24-23-44-22-21-43-20-19-42-18-17-41-16-15-40-14-13-39-12-11-38-10-9-37-8-7-32(34)35/h31H,3-30H2,1-2H3,(H,34,35). The minimum absolute atomic E-state index is 0.00496. The van der Waals surface area contributed by atoms with Gasteiger partial charge in [0.2, 0.25) is 0 Å². The van der Waals surface area contributed by atoms with E-state index in [4.69, 9.17) is 61.9 Å². The van der Waals surface area contributed by atoms with Crippen LogP contribution in [0, 0.1) is 5.92 Å². The molecule has 15 nitrogen and oxygen atoms in total. The highest BCUT2D eigenvalue weighted by Crippen LogP contribution is 2.14. The third kappa shape index (κ3) is 37.3. The number of carboxylic acids is 1. The monoisotopic (exact) mass is 700 g/mol. The fourth-order valence-electron chi connectivity index (χ4n) is 3.72. The normalized spacial score (nSPS) is 12.0. The summed E-state index contributed by atoms with van der Waals surface area (Å²) in [7, 11) is 0. The van der Waals surface area contributed by atoms with Crippen molar-refractivity contribution in [2.24, 2.45) is 5.92 Å². The first-order valence-corrected chi connectivity index (χ1v) is 17.3. The molecule has 0 aromatic carbocycles. The molecule has 0 fully saturated rings. The predicted octanol–water partition coefficient (Wildman–Crippen LogP) is 2.40. The number of esters is 1. The van der Waals surface area contributed by atoms with Gasteiger partial charge in [0, 0.05) is 0 Å². The zero-order valence-electron chi connectivity index (χ0n) is 29.5. The predicted molar refractivity (Wildman–Crippen MR) is 176 cm³/mol. The van der Waals surface area contributed by atoms with Gasteiger partial charge in [-0.1, -0.05) is 26.7 Å². The Morgan fingerprint density at radius 1 is 0.438 bits per heavy atom. The highest BCUT2D eigenvalue weighted by atomic mass is 16.6. The van der Waals surface area contributed by atoms with E-state index in [0.29, 0.717) is 139 Å². The van der Waals surface area contributed by atoms with Gasteiger partial charge in [0.1, 0.15) is 6.61 Å². The first kappa shape index (κ1) is 46.5. The van der Waals surface area contributed by atoms with Crippen molar-refractivity contribution in [1.29, 1.82) is 0 Å². The highest BCUT2D eigenvalue weighted by molar-refractivity contribution is 5.72. The molecule has 1 atom stereocenters. The summed E-state index contributed by atoms with van der Waals surface area (Å²) in [4.78, 5) is 22.3. The Labute approximate surface area is 287 Å². The molecule has 0 aromatic rings. The lowest BCUT2D eigenvalue weighted by atomic mass is 10.00. The largest absolute Gasteiger partial charge is 0.481 e. The Hall–Kier alpha value is -1.50. The first-order valence-electron chi connectivity index (χ1n) is 17.3. The SMILES string of the molecule is CCCCC(CC)C(=O)OCCOCCOCCOCCOCCOCCOCCOCCOCCOCCOCCOCCC(=O)O. The molecule has 1 N–H and O–H groups in total. The summed E-state index contributed by atoms with van der Waals surface area (Å²) in [6.45, 7) is 14.3. The molecule has 0 bridgehead atoms. The van der Waals surface area contributed by atoms with Crippen LogP contribution < -0.4 is 0 Å². The van der Waals surface area contributed by atoms with Crippen molar-refractivity contribution in [2.45, 2.75) is 46.0 Å². The Bertz CT molecular complexity index is 671. The van der Waals surface area contributed by atoms with Crippen molar-refractivity contribution in [3.8, 4) is 0 Å². The molecule has 48 heavy (non-hydrogen) atoms. The Morgan fingerprint density at radius 2 is 0.708 bits per heavy atom. The highest BCUT2D eigenvalue weighted by Gasteiger charge is 2.16. The van der Waals surface area contributed by atoms with Gasteiger partial charge in [-0.2, -0.15) is 0 Å². The number of carbonyl (C=O) groups excluding carboxylic acids is 1. The molecular weight excluding hydrogens is 636 g/mol. The van der Waals surface area contributed by atoms with Crippen LogP contribution >= 0.6 is 0 Å². The molecule has 0 aromatic heterocycles. The van der Waals surface area contributed by atoms with Crippen molar-refractivity contribution in [1.82, 2.24) is 0 Å². The molecule has 0 radical (unpaired) electrons. The molecule has 0 saturated carbocycles. The van der Waals surface area contributed by atoms with Crippen LogP contribution in [0.2, 0.25) is 0 Å². The third-order valence-electron chi connectivity index (χ3n) is 6.38. The summed E-state index contributed by atoms with van der Waals surface area (Å²) < 4.78 is 64.8. The van der Waals surface area contributed by atoms with E-state index in [9.17, 15) is 9.59 Å². The number of hydrogen-bond donors (Lipinski definition) is 1. The van der Waals surface area contributed by atoms with E-state index in [2.05, 4.69) is 6.92 Å². The van der Waals surface area contributed by atoms with Gasteiger partial charge < -0.3 is 61.9 Å². The van der Waals surface area contributed by atoms with Crippen molar-refractivity contribution in [2.75, 3.05) is 152 Å². The summed E-state index contributed by atoms with van der Waals surface area (Å²) >= 11 is 0. The number of unbranched alkanes of at least 4 members (excludes halogenated alkanes) is 1. The van der Waals surface area contributed by atoms with E-state index in [1.54, 1.807) is 0 Å². The molecule has 0 rings (SSSR count). The summed E-state index contributed by atoms with van der Waals surface area (Å²) in [6.07, 6.45) is 3.81. The average molecular weight is 701 g/mol. The van der Waals surface area contributed by atoms with E-state index in [0.717, 1.165) is 25.7 Å². The van der Waals surface area contributed by atoms with Crippen LogP contribution in [0.3, 0.4) is 0 Å². The topological polar surface area (TPSA) is 165 Å². The maximum Gasteiger partial charge on any atom is 0.308 e. The van der Waals surface area contributed by atoms with E-state index >= 15 is 0 Å². The molecule has 0 heterocycles. The maximum atomic E-state index is 12.0. The van der Waals surface area contributed by atoms with Gasteiger partial charge in [-0.25, -0.2) is 0 Å². The zero-order chi connectivity index (χ0) is 35.0. The smallest absolute Gasteiger partial charge is 0.308 e. The Morgan fingerprint density at radius 3 is 0.958 bits per heavy atom. The second kappa shape index (κ2) is 39.9. The van der Waals surface area contributed by atoms with Gasteiger partial charge in [0.05, 0.1) is 158 Å². The van der Waals surface area contributed by atoms with Crippen LogP contribution in [-0.4, -0.2) is 169 Å². The van der Waals surface area contributed by atoms with Gasteiger partial charge in [0.25, 0.3) is 0 Å². The molecule has 0 spiro atoms. The second-order valence-corrected chi connectivity index (χ2v) is 10.3. The molecule has 0 aliphatic carbocycles. The summed E-state index contributed by atoms with van der Waals surface area (Å²) in [6, 6.07) is 0. The van der Waals surface area contributed by atoms with E-state index in [-0.39, 0.29) is 31.5 Å². The minimum Gasteiger partial charge on any atom is -0.481 e. The number of rotatable bonds is 41. The van der Waals surface area contributed by atoms with Crippen LogP contribution in [-0.2, 0) is 66.4 Å². The molecular formula is C33H64O15. The average Bonchev–Trinajstić information content (AvgIpc) is 3.08. The quantitative estimate of drug-likeness (QED) is 0.0730. The fourth-order valence-corrected chi connectivity index (χ4v) is 3.72. The third-order valence-corrected chi connectivity index (χ3v) is 6.38. The summed E-state index contributed by atoms with van der Waals surface area (Å²) in [5.41, 5.74) is 0. The minimum atomic E-state index is -0.876. The zero-order valence-corrected chi connectivity index (χ0v) is 29.5. The van der Waals surface area contributed by atoms with Crippen molar-refractivity contribution in [3.63, 3.8) is 0 Å². The number of carbonyl (C=O) groups is 2.